The van der Waals surface area contributed by atoms with E-state index in [4.69, 9.17) is 0 Å². The first kappa shape index (κ1) is 16.9. The van der Waals surface area contributed by atoms with Gasteiger partial charge in [0.1, 0.15) is 0 Å². The molecule has 0 aliphatic heterocycles. The first-order valence-electron chi connectivity index (χ1n) is 8.62. The number of hydrogen-bond donors (Lipinski definition) is 1. The van der Waals surface area contributed by atoms with Gasteiger partial charge in [-0.25, -0.2) is 0 Å². The maximum absolute atomic E-state index is 3.82. The maximum Gasteiger partial charge on any atom is 0.0190 e. The summed E-state index contributed by atoms with van der Waals surface area (Å²) in [5.41, 5.74) is 0. The first-order valence-corrected chi connectivity index (χ1v) is 9.60. The average Bonchev–Trinajstić information content (AvgIpc) is 2.51. The summed E-state index contributed by atoms with van der Waals surface area (Å²) in [4.78, 5) is 1.40. The van der Waals surface area contributed by atoms with Crippen LogP contribution < -0.4 is 5.32 Å². The van der Waals surface area contributed by atoms with Crippen LogP contribution in [0.3, 0.4) is 0 Å². The van der Waals surface area contributed by atoms with Crippen molar-refractivity contribution in [3.63, 3.8) is 0 Å². The van der Waals surface area contributed by atoms with E-state index in [0.29, 0.717) is 6.04 Å². The minimum Gasteiger partial charge on any atom is -0.313 e. The second-order valence-electron chi connectivity index (χ2n) is 6.71. The van der Waals surface area contributed by atoms with Gasteiger partial charge in [-0.3, -0.25) is 0 Å². The van der Waals surface area contributed by atoms with E-state index in [1.165, 1.54) is 36.3 Å². The van der Waals surface area contributed by atoms with Gasteiger partial charge in [0, 0.05) is 16.7 Å². The molecule has 1 N–H and O–H groups in total. The fourth-order valence-corrected chi connectivity index (χ4v) is 4.46. The Balaban J connectivity index is 1.91. The van der Waals surface area contributed by atoms with Crippen LogP contribution >= 0.6 is 11.8 Å². The van der Waals surface area contributed by atoms with E-state index < -0.39 is 0 Å². The van der Waals surface area contributed by atoms with Crippen molar-refractivity contribution in [3.05, 3.63) is 30.3 Å². The SMILES string of the molecule is CCCNC(CSc1ccccc1)C1CCC(C)C(C)C1. The molecule has 1 aliphatic rings. The molecule has 1 aromatic carbocycles. The summed E-state index contributed by atoms with van der Waals surface area (Å²) in [6.07, 6.45) is 5.44. The van der Waals surface area contributed by atoms with Crippen LogP contribution in [0.5, 0.6) is 0 Å². The van der Waals surface area contributed by atoms with Crippen LogP contribution in [-0.4, -0.2) is 18.3 Å². The van der Waals surface area contributed by atoms with Gasteiger partial charge in [0.25, 0.3) is 0 Å². The van der Waals surface area contributed by atoms with E-state index in [0.717, 1.165) is 24.3 Å². The van der Waals surface area contributed by atoms with Crippen LogP contribution in [0.15, 0.2) is 35.2 Å². The lowest BCUT2D eigenvalue weighted by Gasteiger charge is -2.37. The van der Waals surface area contributed by atoms with Crippen LogP contribution in [0.25, 0.3) is 0 Å². The molecule has 118 valence electrons. The fourth-order valence-electron chi connectivity index (χ4n) is 3.35. The predicted octanol–water partition coefficient (Wildman–Crippen LogP) is 5.22. The third kappa shape index (κ3) is 5.34. The van der Waals surface area contributed by atoms with Gasteiger partial charge in [0.05, 0.1) is 0 Å². The van der Waals surface area contributed by atoms with Crippen LogP contribution in [0.1, 0.15) is 46.5 Å². The molecule has 1 nitrogen and oxygen atoms in total. The van der Waals surface area contributed by atoms with E-state index in [1.54, 1.807) is 0 Å². The molecule has 21 heavy (non-hydrogen) atoms. The molecule has 2 heteroatoms. The van der Waals surface area contributed by atoms with Crippen molar-refractivity contribution in [2.45, 2.75) is 57.4 Å². The topological polar surface area (TPSA) is 12.0 Å². The van der Waals surface area contributed by atoms with E-state index in [1.807, 2.05) is 11.8 Å². The minimum atomic E-state index is 0.671. The van der Waals surface area contributed by atoms with Crippen molar-refractivity contribution < 1.29 is 0 Å². The van der Waals surface area contributed by atoms with Crippen molar-refractivity contribution in [3.8, 4) is 0 Å². The number of nitrogens with one attached hydrogen (secondary N) is 1. The summed E-state index contributed by atoms with van der Waals surface area (Å²) in [5, 5.41) is 3.82. The lowest BCUT2D eigenvalue weighted by Crippen LogP contribution is -2.41. The molecule has 1 aliphatic carbocycles. The number of rotatable bonds is 7. The summed E-state index contributed by atoms with van der Waals surface area (Å²) in [7, 11) is 0. The predicted molar refractivity (Wildman–Crippen MR) is 94.9 cm³/mol. The van der Waals surface area contributed by atoms with Gasteiger partial charge < -0.3 is 5.32 Å². The highest BCUT2D eigenvalue weighted by Gasteiger charge is 2.29. The quantitative estimate of drug-likeness (QED) is 0.693. The van der Waals surface area contributed by atoms with Crippen molar-refractivity contribution in [1.82, 2.24) is 5.32 Å². The Hall–Kier alpha value is -0.470. The largest absolute Gasteiger partial charge is 0.313 e. The van der Waals surface area contributed by atoms with Crippen LogP contribution in [0, 0.1) is 17.8 Å². The molecule has 0 bridgehead atoms. The summed E-state index contributed by atoms with van der Waals surface area (Å²) >= 11 is 2.01. The van der Waals surface area contributed by atoms with Crippen molar-refractivity contribution in [2.24, 2.45) is 17.8 Å². The first-order chi connectivity index (χ1) is 10.2. The molecule has 0 amide bonds. The van der Waals surface area contributed by atoms with E-state index in [2.05, 4.69) is 56.4 Å². The van der Waals surface area contributed by atoms with E-state index in [9.17, 15) is 0 Å². The summed E-state index contributed by atoms with van der Waals surface area (Å²) in [6.45, 7) is 8.28. The molecule has 1 fully saturated rings. The van der Waals surface area contributed by atoms with E-state index in [-0.39, 0.29) is 0 Å². The van der Waals surface area contributed by atoms with Gasteiger partial charge in [-0.15, -0.1) is 11.8 Å². The monoisotopic (exact) mass is 305 g/mol. The van der Waals surface area contributed by atoms with Gasteiger partial charge in [0.2, 0.25) is 0 Å². The molecular formula is C19H31NS. The normalized spacial score (nSPS) is 27.5. The Morgan fingerprint density at radius 1 is 1.14 bits per heavy atom. The molecule has 0 radical (unpaired) electrons. The van der Waals surface area contributed by atoms with Crippen molar-refractivity contribution in [1.29, 1.82) is 0 Å². The third-order valence-corrected chi connectivity index (χ3v) is 6.17. The van der Waals surface area contributed by atoms with Crippen LogP contribution in [0.2, 0.25) is 0 Å². The van der Waals surface area contributed by atoms with Crippen LogP contribution in [-0.2, 0) is 0 Å². The lowest BCUT2D eigenvalue weighted by atomic mass is 9.73. The average molecular weight is 306 g/mol. The second-order valence-corrected chi connectivity index (χ2v) is 7.81. The van der Waals surface area contributed by atoms with Gasteiger partial charge in [-0.2, -0.15) is 0 Å². The van der Waals surface area contributed by atoms with Crippen molar-refractivity contribution >= 4 is 11.8 Å². The number of hydrogen-bond acceptors (Lipinski definition) is 2. The highest BCUT2D eigenvalue weighted by molar-refractivity contribution is 7.99. The smallest absolute Gasteiger partial charge is 0.0190 e. The molecule has 0 heterocycles. The molecule has 4 unspecified atom stereocenters. The highest BCUT2D eigenvalue weighted by atomic mass is 32.2. The number of thioether (sulfide) groups is 1. The summed E-state index contributed by atoms with van der Waals surface area (Å²) in [6, 6.07) is 11.5. The van der Waals surface area contributed by atoms with Crippen molar-refractivity contribution in [2.75, 3.05) is 12.3 Å². The molecule has 0 spiro atoms. The Labute approximate surface area is 135 Å². The maximum atomic E-state index is 3.82. The summed E-state index contributed by atoms with van der Waals surface area (Å²) in [5.74, 6) is 3.86. The summed E-state index contributed by atoms with van der Waals surface area (Å²) < 4.78 is 0. The Morgan fingerprint density at radius 3 is 2.57 bits per heavy atom. The molecule has 0 saturated heterocycles. The highest BCUT2D eigenvalue weighted by Crippen LogP contribution is 2.36. The number of benzene rings is 1. The Morgan fingerprint density at radius 2 is 1.90 bits per heavy atom. The Bertz CT molecular complexity index is 392. The van der Waals surface area contributed by atoms with Gasteiger partial charge in [0.15, 0.2) is 0 Å². The molecule has 1 aromatic rings. The van der Waals surface area contributed by atoms with Crippen LogP contribution in [0.4, 0.5) is 0 Å². The van der Waals surface area contributed by atoms with Gasteiger partial charge in [-0.05, 0) is 55.7 Å². The van der Waals surface area contributed by atoms with Gasteiger partial charge in [-0.1, -0.05) is 45.4 Å². The molecule has 1 saturated carbocycles. The zero-order valence-corrected chi connectivity index (χ0v) is 14.7. The fraction of sp³-hybridized carbons (Fsp3) is 0.684. The standard InChI is InChI=1S/C19H31NS/c1-4-12-20-19(14-21-18-8-6-5-7-9-18)17-11-10-15(2)16(3)13-17/h5-9,15-17,19-20H,4,10-14H2,1-3H3. The zero-order chi connectivity index (χ0) is 15.1. The van der Waals surface area contributed by atoms with E-state index >= 15 is 0 Å². The molecule has 2 rings (SSSR count). The minimum absolute atomic E-state index is 0.671. The third-order valence-electron chi connectivity index (χ3n) is 5.04. The second kappa shape index (κ2) is 8.85. The molecular weight excluding hydrogens is 274 g/mol. The molecule has 4 atom stereocenters. The Kier molecular flexibility index (Phi) is 7.12. The molecule has 0 aromatic heterocycles. The van der Waals surface area contributed by atoms with Gasteiger partial charge >= 0.3 is 0 Å². The zero-order valence-electron chi connectivity index (χ0n) is 13.8. The lowest BCUT2D eigenvalue weighted by molar-refractivity contribution is 0.178.